The normalized spacial score (nSPS) is 26.4. The van der Waals surface area contributed by atoms with Crippen molar-refractivity contribution < 1.29 is 22.7 Å². The molecule has 4 heterocycles. The number of carbonyl (C=O) groups is 1. The molecule has 0 aliphatic carbocycles. The van der Waals surface area contributed by atoms with Crippen LogP contribution in [0.1, 0.15) is 29.8 Å². The lowest BCUT2D eigenvalue weighted by atomic mass is 10.0. The Morgan fingerprint density at radius 2 is 1.96 bits per heavy atom. The molecule has 9 nitrogen and oxygen atoms in total. The van der Waals surface area contributed by atoms with Gasteiger partial charge in [0.1, 0.15) is 17.8 Å². The Morgan fingerprint density at radius 1 is 1.26 bits per heavy atom. The molecule has 0 aromatic carbocycles. The Morgan fingerprint density at radius 3 is 2.59 bits per heavy atom. The molecule has 0 N–H and O–H groups in total. The number of aromatic nitrogens is 2. The summed E-state index contributed by atoms with van der Waals surface area (Å²) >= 11 is 0. The molecule has 3 aliphatic heterocycles. The molecule has 27 heavy (non-hydrogen) atoms. The first-order valence-corrected chi connectivity index (χ1v) is 11.0. The third-order valence-corrected chi connectivity index (χ3v) is 7.37. The lowest BCUT2D eigenvalue weighted by molar-refractivity contribution is -0.181. The number of likely N-dealkylation sites (tertiary alicyclic amines) is 1. The molecule has 0 radical (unpaired) electrons. The molecular formula is C17H24N4O5S. The van der Waals surface area contributed by atoms with Crippen LogP contribution >= 0.6 is 0 Å². The summed E-state index contributed by atoms with van der Waals surface area (Å²) in [5, 5.41) is 0. The van der Waals surface area contributed by atoms with E-state index >= 15 is 0 Å². The van der Waals surface area contributed by atoms with Gasteiger partial charge in [0.2, 0.25) is 0 Å². The number of piperidine rings is 1. The number of carbonyl (C=O) groups excluding carboxylic acids is 1. The number of anilines is 1. The summed E-state index contributed by atoms with van der Waals surface area (Å²) in [6.07, 6.45) is 3.23. The van der Waals surface area contributed by atoms with Gasteiger partial charge in [0.05, 0.1) is 24.7 Å². The fraction of sp³-hybridized carbons (Fsp3) is 0.706. The van der Waals surface area contributed by atoms with E-state index in [4.69, 9.17) is 9.47 Å². The Bertz CT molecular complexity index is 814. The smallest absolute Gasteiger partial charge is 0.272 e. The summed E-state index contributed by atoms with van der Waals surface area (Å²) in [4.78, 5) is 24.8. The summed E-state index contributed by atoms with van der Waals surface area (Å²) in [6.45, 7) is 2.31. The van der Waals surface area contributed by atoms with Crippen LogP contribution in [0.3, 0.4) is 0 Å². The third kappa shape index (κ3) is 3.78. The zero-order chi connectivity index (χ0) is 19.1. The highest BCUT2D eigenvalue weighted by molar-refractivity contribution is 7.91. The van der Waals surface area contributed by atoms with E-state index in [0.717, 1.165) is 0 Å². The Labute approximate surface area is 158 Å². The quantitative estimate of drug-likeness (QED) is 0.708. The van der Waals surface area contributed by atoms with Crippen LogP contribution in [0, 0.1) is 0 Å². The van der Waals surface area contributed by atoms with Crippen LogP contribution in [-0.2, 0) is 19.3 Å². The van der Waals surface area contributed by atoms with Crippen LogP contribution in [0.15, 0.2) is 12.4 Å². The minimum Gasteiger partial charge on any atom is -0.356 e. The van der Waals surface area contributed by atoms with Gasteiger partial charge in [0, 0.05) is 45.1 Å². The van der Waals surface area contributed by atoms with Crippen LogP contribution < -0.4 is 4.90 Å². The molecule has 3 fully saturated rings. The molecule has 1 spiro atoms. The number of nitrogens with zero attached hydrogens (tertiary/aromatic N) is 4. The van der Waals surface area contributed by atoms with Crippen molar-refractivity contribution in [2.24, 2.45) is 0 Å². The highest BCUT2D eigenvalue weighted by Gasteiger charge is 2.41. The molecule has 0 bridgehead atoms. The van der Waals surface area contributed by atoms with Crippen molar-refractivity contribution in [1.82, 2.24) is 14.9 Å². The van der Waals surface area contributed by atoms with Crippen molar-refractivity contribution in [3.05, 3.63) is 18.1 Å². The second-order valence-electron chi connectivity index (χ2n) is 7.33. The average Bonchev–Trinajstić information content (AvgIpc) is 3.27. The van der Waals surface area contributed by atoms with E-state index in [1.807, 2.05) is 11.9 Å². The van der Waals surface area contributed by atoms with Crippen molar-refractivity contribution in [2.45, 2.75) is 31.1 Å². The maximum absolute atomic E-state index is 12.8. The van der Waals surface area contributed by atoms with Crippen molar-refractivity contribution in [3.8, 4) is 0 Å². The van der Waals surface area contributed by atoms with Gasteiger partial charge in [-0.25, -0.2) is 18.4 Å². The first kappa shape index (κ1) is 18.6. The number of hydrogen-bond donors (Lipinski definition) is 0. The van der Waals surface area contributed by atoms with Gasteiger partial charge >= 0.3 is 0 Å². The number of ether oxygens (including phenoxy) is 2. The standard InChI is InChI=1S/C17H24N4O5S/c1-20(13-2-9-27(23,24)11-13)15-10-14(18-12-19-15)16(22)21-5-3-17(4-6-21)25-7-8-26-17/h10,12-13H,2-9,11H2,1H3. The van der Waals surface area contributed by atoms with Gasteiger partial charge in [-0.15, -0.1) is 0 Å². The van der Waals surface area contributed by atoms with Gasteiger partial charge in [-0.05, 0) is 6.42 Å². The van der Waals surface area contributed by atoms with Gasteiger partial charge in [0.25, 0.3) is 5.91 Å². The molecule has 3 saturated heterocycles. The fourth-order valence-electron chi connectivity index (χ4n) is 3.92. The van der Waals surface area contributed by atoms with Crippen LogP contribution in [-0.4, -0.2) is 85.9 Å². The monoisotopic (exact) mass is 396 g/mol. The number of sulfone groups is 1. The fourth-order valence-corrected chi connectivity index (χ4v) is 5.70. The van der Waals surface area contributed by atoms with Gasteiger partial charge in [-0.3, -0.25) is 4.79 Å². The number of amides is 1. The minimum absolute atomic E-state index is 0.116. The van der Waals surface area contributed by atoms with Crippen molar-refractivity contribution in [3.63, 3.8) is 0 Å². The van der Waals surface area contributed by atoms with E-state index in [1.54, 1.807) is 11.0 Å². The topological polar surface area (TPSA) is 102 Å². The predicted molar refractivity (Wildman–Crippen MR) is 97.3 cm³/mol. The molecule has 1 aromatic heterocycles. The Balaban J connectivity index is 1.43. The molecule has 1 unspecified atom stereocenters. The first-order chi connectivity index (χ1) is 12.9. The maximum atomic E-state index is 12.8. The lowest BCUT2D eigenvalue weighted by Gasteiger charge is -2.37. The van der Waals surface area contributed by atoms with Crippen molar-refractivity contribution in [1.29, 1.82) is 0 Å². The van der Waals surface area contributed by atoms with Crippen molar-refractivity contribution >= 4 is 21.6 Å². The van der Waals surface area contributed by atoms with Crippen LogP contribution in [0.5, 0.6) is 0 Å². The minimum atomic E-state index is -2.99. The zero-order valence-electron chi connectivity index (χ0n) is 15.3. The van der Waals surface area contributed by atoms with Crippen LogP contribution in [0.2, 0.25) is 0 Å². The van der Waals surface area contributed by atoms with E-state index < -0.39 is 15.6 Å². The second kappa shape index (κ2) is 6.99. The molecule has 10 heteroatoms. The average molecular weight is 396 g/mol. The molecule has 3 aliphatic rings. The molecule has 1 aromatic rings. The zero-order valence-corrected chi connectivity index (χ0v) is 16.2. The SMILES string of the molecule is CN(c1cc(C(=O)N2CCC3(CC2)OCCO3)ncn1)C1CCS(=O)(=O)C1. The largest absolute Gasteiger partial charge is 0.356 e. The Kier molecular flexibility index (Phi) is 4.81. The highest BCUT2D eigenvalue weighted by Crippen LogP contribution is 2.31. The summed E-state index contributed by atoms with van der Waals surface area (Å²) in [6, 6.07) is 1.51. The summed E-state index contributed by atoms with van der Waals surface area (Å²) in [5.74, 6) is 0.191. The number of rotatable bonds is 3. The number of hydrogen-bond acceptors (Lipinski definition) is 8. The molecule has 1 amide bonds. The first-order valence-electron chi connectivity index (χ1n) is 9.20. The lowest BCUT2D eigenvalue weighted by Crippen LogP contribution is -2.47. The molecule has 0 saturated carbocycles. The van der Waals surface area contributed by atoms with Gasteiger partial charge in [-0.1, -0.05) is 0 Å². The van der Waals surface area contributed by atoms with E-state index in [1.165, 1.54) is 6.33 Å². The third-order valence-electron chi connectivity index (χ3n) is 5.62. The van der Waals surface area contributed by atoms with Gasteiger partial charge in [0.15, 0.2) is 15.6 Å². The predicted octanol–water partition coefficient (Wildman–Crippen LogP) is 0.0790. The van der Waals surface area contributed by atoms with E-state index in [9.17, 15) is 13.2 Å². The van der Waals surface area contributed by atoms with E-state index in [2.05, 4.69) is 9.97 Å². The summed E-state index contributed by atoms with van der Waals surface area (Å²) in [5.41, 5.74) is 0.317. The van der Waals surface area contributed by atoms with Crippen molar-refractivity contribution in [2.75, 3.05) is 49.8 Å². The summed E-state index contributed by atoms with van der Waals surface area (Å²) < 4.78 is 34.8. The van der Waals surface area contributed by atoms with Gasteiger partial charge < -0.3 is 19.3 Å². The van der Waals surface area contributed by atoms with Gasteiger partial charge in [-0.2, -0.15) is 0 Å². The van der Waals surface area contributed by atoms with Crippen LogP contribution in [0.4, 0.5) is 5.82 Å². The Hall–Kier alpha value is -1.78. The molecule has 4 rings (SSSR count). The second-order valence-corrected chi connectivity index (χ2v) is 9.56. The molecule has 1 atom stereocenters. The maximum Gasteiger partial charge on any atom is 0.272 e. The highest BCUT2D eigenvalue weighted by atomic mass is 32.2. The molecule has 148 valence electrons. The van der Waals surface area contributed by atoms with E-state index in [-0.39, 0.29) is 23.5 Å². The molecular weight excluding hydrogens is 372 g/mol. The van der Waals surface area contributed by atoms with Crippen LogP contribution in [0.25, 0.3) is 0 Å². The van der Waals surface area contributed by atoms with E-state index in [0.29, 0.717) is 57.1 Å². The summed E-state index contributed by atoms with van der Waals surface area (Å²) in [7, 11) is -1.18.